The predicted octanol–water partition coefficient (Wildman–Crippen LogP) is 3.72. The zero-order chi connectivity index (χ0) is 17.1. The van der Waals surface area contributed by atoms with E-state index in [0.717, 1.165) is 48.6 Å². The molecule has 0 aromatic heterocycles. The van der Waals surface area contributed by atoms with Crippen LogP contribution in [0.2, 0.25) is 0 Å². The highest BCUT2D eigenvalue weighted by molar-refractivity contribution is 9.10. The lowest BCUT2D eigenvalue weighted by molar-refractivity contribution is 0.173. The molecule has 132 valence electrons. The first-order valence-electron chi connectivity index (χ1n) is 8.87. The molecule has 0 amide bonds. The number of hydrogen-bond acceptors (Lipinski definition) is 4. The molecule has 0 saturated heterocycles. The molecule has 0 saturated carbocycles. The highest BCUT2D eigenvalue weighted by Crippen LogP contribution is 2.39. The number of halogens is 1. The Labute approximate surface area is 157 Å². The van der Waals surface area contributed by atoms with Gasteiger partial charge in [0.05, 0.1) is 4.47 Å². The van der Waals surface area contributed by atoms with Crippen LogP contribution < -0.4 is 14.8 Å². The minimum Gasteiger partial charge on any atom is -0.454 e. The van der Waals surface area contributed by atoms with E-state index in [2.05, 4.69) is 62.5 Å². The van der Waals surface area contributed by atoms with Gasteiger partial charge in [-0.15, -0.1) is 0 Å². The Hall–Kier alpha value is -1.56. The maximum atomic E-state index is 5.47. The first-order chi connectivity index (χ1) is 12.3. The van der Waals surface area contributed by atoms with Gasteiger partial charge in [0.1, 0.15) is 0 Å². The van der Waals surface area contributed by atoms with Gasteiger partial charge in [-0.2, -0.15) is 0 Å². The molecule has 0 spiro atoms. The molecule has 0 fully saturated rings. The monoisotopic (exact) mass is 402 g/mol. The molecular formula is C20H23BrN2O2. The molecule has 25 heavy (non-hydrogen) atoms. The highest BCUT2D eigenvalue weighted by atomic mass is 79.9. The number of nitrogens with one attached hydrogen (secondary N) is 1. The SMILES string of the molecule is Brc1cc(CNCCCN2CCc3ccccc3C2)cc2c1OCO2. The smallest absolute Gasteiger partial charge is 0.231 e. The van der Waals surface area contributed by atoms with E-state index in [0.29, 0.717) is 6.79 Å². The summed E-state index contributed by atoms with van der Waals surface area (Å²) in [5, 5.41) is 3.53. The van der Waals surface area contributed by atoms with E-state index in [1.165, 1.54) is 29.7 Å². The van der Waals surface area contributed by atoms with Crippen LogP contribution in [0.3, 0.4) is 0 Å². The number of hydrogen-bond donors (Lipinski definition) is 1. The molecule has 0 unspecified atom stereocenters. The summed E-state index contributed by atoms with van der Waals surface area (Å²) in [4.78, 5) is 2.56. The lowest BCUT2D eigenvalue weighted by Crippen LogP contribution is -2.32. The zero-order valence-electron chi connectivity index (χ0n) is 14.3. The predicted molar refractivity (Wildman–Crippen MR) is 102 cm³/mol. The minimum absolute atomic E-state index is 0.309. The van der Waals surface area contributed by atoms with Crippen LogP contribution in [0.1, 0.15) is 23.1 Å². The molecule has 2 aliphatic heterocycles. The Morgan fingerprint density at radius 1 is 1.12 bits per heavy atom. The third-order valence-electron chi connectivity index (χ3n) is 4.85. The van der Waals surface area contributed by atoms with Crippen molar-refractivity contribution in [3.05, 3.63) is 57.6 Å². The summed E-state index contributed by atoms with van der Waals surface area (Å²) >= 11 is 3.55. The van der Waals surface area contributed by atoms with Crippen molar-refractivity contribution in [3.8, 4) is 11.5 Å². The first-order valence-corrected chi connectivity index (χ1v) is 9.67. The number of rotatable bonds is 6. The number of benzene rings is 2. The molecule has 4 rings (SSSR count). The zero-order valence-corrected chi connectivity index (χ0v) is 15.8. The van der Waals surface area contributed by atoms with Crippen molar-refractivity contribution >= 4 is 15.9 Å². The van der Waals surface area contributed by atoms with Crippen molar-refractivity contribution in [2.45, 2.75) is 25.9 Å². The van der Waals surface area contributed by atoms with Crippen LogP contribution in [0.15, 0.2) is 40.9 Å². The molecule has 4 nitrogen and oxygen atoms in total. The van der Waals surface area contributed by atoms with Crippen LogP contribution in [0.4, 0.5) is 0 Å². The van der Waals surface area contributed by atoms with Crippen molar-refractivity contribution in [1.82, 2.24) is 10.2 Å². The van der Waals surface area contributed by atoms with E-state index in [-0.39, 0.29) is 0 Å². The molecule has 0 radical (unpaired) electrons. The Kier molecular flexibility index (Phi) is 5.25. The van der Waals surface area contributed by atoms with E-state index >= 15 is 0 Å². The highest BCUT2D eigenvalue weighted by Gasteiger charge is 2.18. The van der Waals surface area contributed by atoms with Gasteiger partial charge in [0.2, 0.25) is 6.79 Å². The van der Waals surface area contributed by atoms with Crippen LogP contribution in [0.5, 0.6) is 11.5 Å². The number of ether oxygens (including phenoxy) is 2. The van der Waals surface area contributed by atoms with Gasteiger partial charge in [-0.05, 0) is 70.7 Å². The van der Waals surface area contributed by atoms with E-state index in [4.69, 9.17) is 9.47 Å². The summed E-state index contributed by atoms with van der Waals surface area (Å²) in [5.41, 5.74) is 4.22. The fraction of sp³-hybridized carbons (Fsp3) is 0.400. The van der Waals surface area contributed by atoms with E-state index < -0.39 is 0 Å². The fourth-order valence-corrected chi connectivity index (χ4v) is 4.13. The quantitative estimate of drug-likeness (QED) is 0.746. The van der Waals surface area contributed by atoms with Crippen LogP contribution in [-0.4, -0.2) is 31.3 Å². The topological polar surface area (TPSA) is 33.7 Å². The Balaban J connectivity index is 1.20. The van der Waals surface area contributed by atoms with E-state index in [1.807, 2.05) is 0 Å². The Morgan fingerprint density at radius 2 is 2.00 bits per heavy atom. The van der Waals surface area contributed by atoms with Gasteiger partial charge >= 0.3 is 0 Å². The summed E-state index contributed by atoms with van der Waals surface area (Å²) in [7, 11) is 0. The molecule has 1 N–H and O–H groups in total. The van der Waals surface area contributed by atoms with Crippen molar-refractivity contribution in [2.24, 2.45) is 0 Å². The second-order valence-electron chi connectivity index (χ2n) is 6.64. The second-order valence-corrected chi connectivity index (χ2v) is 7.49. The number of nitrogens with zero attached hydrogens (tertiary/aromatic N) is 1. The van der Waals surface area contributed by atoms with Gasteiger partial charge in [-0.3, -0.25) is 4.90 Å². The lowest BCUT2D eigenvalue weighted by atomic mass is 10.00. The van der Waals surface area contributed by atoms with Crippen LogP contribution in [0, 0.1) is 0 Å². The van der Waals surface area contributed by atoms with Gasteiger partial charge in [-0.25, -0.2) is 0 Å². The minimum atomic E-state index is 0.309. The average Bonchev–Trinajstić information content (AvgIpc) is 3.10. The molecular weight excluding hydrogens is 380 g/mol. The third kappa shape index (κ3) is 4.00. The normalized spacial score (nSPS) is 16.0. The van der Waals surface area contributed by atoms with Crippen LogP contribution in [-0.2, 0) is 19.5 Å². The average molecular weight is 403 g/mol. The van der Waals surface area contributed by atoms with Crippen molar-refractivity contribution in [2.75, 3.05) is 26.4 Å². The maximum Gasteiger partial charge on any atom is 0.231 e. The summed E-state index contributed by atoms with van der Waals surface area (Å²) in [6.45, 7) is 5.58. The Bertz CT molecular complexity index is 750. The summed E-state index contributed by atoms with van der Waals surface area (Å²) in [6, 6.07) is 13.0. The van der Waals surface area contributed by atoms with E-state index in [1.54, 1.807) is 0 Å². The van der Waals surface area contributed by atoms with Gasteiger partial charge in [-0.1, -0.05) is 24.3 Å². The first kappa shape index (κ1) is 16.9. The van der Waals surface area contributed by atoms with Crippen molar-refractivity contribution < 1.29 is 9.47 Å². The molecule has 0 atom stereocenters. The van der Waals surface area contributed by atoms with Gasteiger partial charge in [0.25, 0.3) is 0 Å². The fourth-order valence-electron chi connectivity index (χ4n) is 3.53. The standard InChI is InChI=1S/C20H23BrN2O2/c21-18-10-15(11-19-20(18)25-14-24-19)12-22-7-3-8-23-9-6-16-4-1-2-5-17(16)13-23/h1-2,4-5,10-11,22H,3,6-9,12-14H2. The van der Waals surface area contributed by atoms with Crippen molar-refractivity contribution in [1.29, 1.82) is 0 Å². The van der Waals surface area contributed by atoms with Gasteiger partial charge < -0.3 is 14.8 Å². The lowest BCUT2D eigenvalue weighted by Gasteiger charge is -2.28. The van der Waals surface area contributed by atoms with Gasteiger partial charge in [0, 0.05) is 19.6 Å². The Morgan fingerprint density at radius 3 is 2.92 bits per heavy atom. The van der Waals surface area contributed by atoms with Gasteiger partial charge in [0.15, 0.2) is 11.5 Å². The van der Waals surface area contributed by atoms with Crippen LogP contribution >= 0.6 is 15.9 Å². The molecule has 2 aromatic carbocycles. The van der Waals surface area contributed by atoms with Crippen LogP contribution in [0.25, 0.3) is 0 Å². The van der Waals surface area contributed by atoms with Crippen molar-refractivity contribution in [3.63, 3.8) is 0 Å². The summed E-state index contributed by atoms with van der Waals surface area (Å²) in [6.07, 6.45) is 2.34. The molecule has 2 aromatic rings. The second kappa shape index (κ2) is 7.77. The summed E-state index contributed by atoms with van der Waals surface area (Å²) < 4.78 is 11.9. The molecule has 2 heterocycles. The number of fused-ring (bicyclic) bond motifs is 2. The molecule has 0 bridgehead atoms. The molecule has 5 heteroatoms. The maximum absolute atomic E-state index is 5.47. The molecule has 2 aliphatic rings. The molecule has 0 aliphatic carbocycles. The van der Waals surface area contributed by atoms with E-state index in [9.17, 15) is 0 Å². The summed E-state index contributed by atoms with van der Waals surface area (Å²) in [5.74, 6) is 1.65. The largest absolute Gasteiger partial charge is 0.454 e. The third-order valence-corrected chi connectivity index (χ3v) is 5.44.